The Kier molecular flexibility index (Phi) is 2.88. The summed E-state index contributed by atoms with van der Waals surface area (Å²) in [6, 6.07) is -0.295. The zero-order valence-corrected chi connectivity index (χ0v) is 7.99. The molecule has 2 N–H and O–H groups in total. The fraction of sp³-hybridized carbons (Fsp3) is 0.500. The topological polar surface area (TPSA) is 52.3 Å². The number of carbonyl (C=O) groups excluding carboxylic acids is 1. The third-order valence-electron chi connectivity index (χ3n) is 2.28. The quantitative estimate of drug-likeness (QED) is 0.647. The number of carbonyl (C=O) groups is 1. The normalized spacial score (nSPS) is 31.8. The molecule has 0 aromatic heterocycles. The molecule has 3 nitrogen and oxygen atoms in total. The molecule has 1 rings (SSSR count). The fourth-order valence-corrected chi connectivity index (χ4v) is 1.24. The molecular weight excluding hydrogens is 166 g/mol. The Balaban J connectivity index is 2.80. The smallest absolute Gasteiger partial charge is 0.317 e. The van der Waals surface area contributed by atoms with E-state index in [1.165, 1.54) is 0 Å². The van der Waals surface area contributed by atoms with Crippen LogP contribution in [0.4, 0.5) is 0 Å². The molecule has 0 bridgehead atoms. The summed E-state index contributed by atoms with van der Waals surface area (Å²) >= 11 is 0. The number of rotatable bonds is 2. The van der Waals surface area contributed by atoms with Crippen LogP contribution in [0.3, 0.4) is 0 Å². The summed E-state index contributed by atoms with van der Waals surface area (Å²) in [4.78, 5) is 11.5. The van der Waals surface area contributed by atoms with Crippen molar-refractivity contribution in [2.45, 2.75) is 19.9 Å². The second-order valence-corrected chi connectivity index (χ2v) is 3.27. The summed E-state index contributed by atoms with van der Waals surface area (Å²) in [7, 11) is 0. The molecule has 0 fully saturated rings. The summed E-state index contributed by atoms with van der Waals surface area (Å²) in [6.07, 6.45) is 7.25. The van der Waals surface area contributed by atoms with E-state index in [-0.39, 0.29) is 12.0 Å². The molecule has 2 unspecified atom stereocenters. The van der Waals surface area contributed by atoms with Crippen LogP contribution in [0.1, 0.15) is 13.8 Å². The van der Waals surface area contributed by atoms with Crippen molar-refractivity contribution >= 4 is 5.97 Å². The lowest BCUT2D eigenvalue weighted by Crippen LogP contribution is -2.44. The predicted molar refractivity (Wildman–Crippen MR) is 51.0 cm³/mol. The molecule has 0 radical (unpaired) electrons. The standard InChI is InChI=1S/C10H15NO2/c1-3-13-9(12)10(2)7-5-4-6-8(10)11/h4-8H,3,11H2,1-2H3. The van der Waals surface area contributed by atoms with Crippen molar-refractivity contribution in [3.63, 3.8) is 0 Å². The Labute approximate surface area is 78.3 Å². The van der Waals surface area contributed by atoms with Gasteiger partial charge in [-0.2, -0.15) is 0 Å². The molecule has 0 aliphatic heterocycles. The Bertz CT molecular complexity index is 258. The van der Waals surface area contributed by atoms with Crippen LogP contribution < -0.4 is 5.73 Å². The average Bonchev–Trinajstić information content (AvgIpc) is 2.11. The highest BCUT2D eigenvalue weighted by atomic mass is 16.5. The number of ether oxygens (including phenoxy) is 1. The second kappa shape index (κ2) is 3.75. The van der Waals surface area contributed by atoms with Gasteiger partial charge in [0.25, 0.3) is 0 Å². The molecule has 3 heteroatoms. The van der Waals surface area contributed by atoms with Crippen molar-refractivity contribution in [3.8, 4) is 0 Å². The molecule has 0 amide bonds. The third kappa shape index (κ3) is 1.80. The van der Waals surface area contributed by atoms with E-state index in [0.717, 1.165) is 0 Å². The van der Waals surface area contributed by atoms with Gasteiger partial charge in [-0.25, -0.2) is 0 Å². The van der Waals surface area contributed by atoms with Gasteiger partial charge in [0.05, 0.1) is 6.61 Å². The Hall–Kier alpha value is -1.09. The maximum atomic E-state index is 11.5. The van der Waals surface area contributed by atoms with Gasteiger partial charge in [0.2, 0.25) is 0 Å². The zero-order chi connectivity index (χ0) is 9.90. The van der Waals surface area contributed by atoms with Gasteiger partial charge in [0.1, 0.15) is 5.41 Å². The monoisotopic (exact) mass is 181 g/mol. The number of allylic oxidation sites excluding steroid dienone is 2. The fourth-order valence-electron chi connectivity index (χ4n) is 1.24. The van der Waals surface area contributed by atoms with E-state index < -0.39 is 5.41 Å². The summed E-state index contributed by atoms with van der Waals surface area (Å²) in [5, 5.41) is 0. The van der Waals surface area contributed by atoms with Gasteiger partial charge in [0.15, 0.2) is 0 Å². The van der Waals surface area contributed by atoms with Gasteiger partial charge in [-0.15, -0.1) is 0 Å². The van der Waals surface area contributed by atoms with E-state index in [9.17, 15) is 4.79 Å². The highest BCUT2D eigenvalue weighted by Gasteiger charge is 2.38. The minimum absolute atomic E-state index is 0.261. The van der Waals surface area contributed by atoms with E-state index >= 15 is 0 Å². The van der Waals surface area contributed by atoms with Crippen LogP contribution in [0.25, 0.3) is 0 Å². The van der Waals surface area contributed by atoms with Crippen LogP contribution in [0.5, 0.6) is 0 Å². The molecule has 0 saturated carbocycles. The molecule has 13 heavy (non-hydrogen) atoms. The number of esters is 1. The zero-order valence-electron chi connectivity index (χ0n) is 7.99. The van der Waals surface area contributed by atoms with Crippen molar-refractivity contribution in [1.82, 2.24) is 0 Å². The molecule has 0 heterocycles. The minimum Gasteiger partial charge on any atom is -0.465 e. The first-order valence-electron chi connectivity index (χ1n) is 4.40. The average molecular weight is 181 g/mol. The number of nitrogens with two attached hydrogens (primary N) is 1. The van der Waals surface area contributed by atoms with Crippen molar-refractivity contribution in [1.29, 1.82) is 0 Å². The van der Waals surface area contributed by atoms with Crippen LogP contribution in [0, 0.1) is 5.41 Å². The van der Waals surface area contributed by atoms with Gasteiger partial charge in [-0.1, -0.05) is 24.3 Å². The van der Waals surface area contributed by atoms with Crippen LogP contribution >= 0.6 is 0 Å². The van der Waals surface area contributed by atoms with E-state index in [1.807, 2.05) is 12.2 Å². The molecule has 0 aromatic carbocycles. The molecule has 0 spiro atoms. The van der Waals surface area contributed by atoms with E-state index in [0.29, 0.717) is 6.61 Å². The molecule has 1 aliphatic rings. The first-order chi connectivity index (χ1) is 6.11. The highest BCUT2D eigenvalue weighted by molar-refractivity contribution is 5.80. The van der Waals surface area contributed by atoms with Gasteiger partial charge in [-0.3, -0.25) is 4.79 Å². The van der Waals surface area contributed by atoms with Gasteiger partial charge in [-0.05, 0) is 13.8 Å². The minimum atomic E-state index is -0.704. The Morgan fingerprint density at radius 1 is 1.62 bits per heavy atom. The molecule has 0 aromatic rings. The van der Waals surface area contributed by atoms with E-state index in [2.05, 4.69) is 0 Å². The summed E-state index contributed by atoms with van der Waals surface area (Å²) in [5.41, 5.74) is 5.10. The Morgan fingerprint density at radius 2 is 2.31 bits per heavy atom. The van der Waals surface area contributed by atoms with Crippen LogP contribution in [0.2, 0.25) is 0 Å². The first-order valence-corrected chi connectivity index (χ1v) is 4.40. The third-order valence-corrected chi connectivity index (χ3v) is 2.28. The first kappa shape index (κ1) is 9.99. The Morgan fingerprint density at radius 3 is 2.85 bits per heavy atom. The van der Waals surface area contributed by atoms with Crippen molar-refractivity contribution in [2.75, 3.05) is 6.61 Å². The maximum Gasteiger partial charge on any atom is 0.317 e. The predicted octanol–water partition coefficient (Wildman–Crippen LogP) is 1.01. The highest BCUT2D eigenvalue weighted by Crippen LogP contribution is 2.27. The van der Waals surface area contributed by atoms with Gasteiger partial charge >= 0.3 is 5.97 Å². The maximum absolute atomic E-state index is 11.5. The molecule has 1 aliphatic carbocycles. The van der Waals surface area contributed by atoms with Crippen molar-refractivity contribution in [3.05, 3.63) is 24.3 Å². The van der Waals surface area contributed by atoms with E-state index in [4.69, 9.17) is 10.5 Å². The van der Waals surface area contributed by atoms with E-state index in [1.54, 1.807) is 26.0 Å². The lowest BCUT2D eigenvalue weighted by Gasteiger charge is -2.29. The lowest BCUT2D eigenvalue weighted by atomic mass is 9.80. The number of hydrogen-bond donors (Lipinski definition) is 1. The van der Waals surface area contributed by atoms with Crippen molar-refractivity contribution < 1.29 is 9.53 Å². The number of hydrogen-bond acceptors (Lipinski definition) is 3. The summed E-state index contributed by atoms with van der Waals surface area (Å²) in [5.74, 6) is -0.261. The molecule has 0 saturated heterocycles. The second-order valence-electron chi connectivity index (χ2n) is 3.27. The van der Waals surface area contributed by atoms with Gasteiger partial charge in [0, 0.05) is 6.04 Å². The van der Waals surface area contributed by atoms with Crippen LogP contribution in [-0.2, 0) is 9.53 Å². The molecule has 72 valence electrons. The lowest BCUT2D eigenvalue weighted by molar-refractivity contribution is -0.152. The van der Waals surface area contributed by atoms with Gasteiger partial charge < -0.3 is 10.5 Å². The van der Waals surface area contributed by atoms with Crippen LogP contribution in [0.15, 0.2) is 24.3 Å². The molecular formula is C10H15NO2. The summed E-state index contributed by atoms with van der Waals surface area (Å²) in [6.45, 7) is 3.96. The van der Waals surface area contributed by atoms with Crippen molar-refractivity contribution in [2.24, 2.45) is 11.1 Å². The van der Waals surface area contributed by atoms with Crippen LogP contribution in [-0.4, -0.2) is 18.6 Å². The SMILES string of the molecule is CCOC(=O)C1(C)C=CC=CC1N. The molecule has 2 atom stereocenters. The summed E-state index contributed by atoms with van der Waals surface area (Å²) < 4.78 is 4.95. The largest absolute Gasteiger partial charge is 0.465 e.